The first-order valence-electron chi connectivity index (χ1n) is 7.62. The van der Waals surface area contributed by atoms with Crippen LogP contribution in [0.1, 0.15) is 29.3 Å². The third-order valence-electron chi connectivity index (χ3n) is 3.97. The number of hydrogen-bond donors (Lipinski definition) is 2. The minimum Gasteiger partial charge on any atom is -0.391 e. The SMILES string of the molecule is C=C(Nc1cc(C)cc(C(C)=O)c1)C1=C(NC)CCN(C=O)C1. The molecule has 0 unspecified atom stereocenters. The minimum absolute atomic E-state index is 0.0299. The molecule has 23 heavy (non-hydrogen) atoms. The van der Waals surface area contributed by atoms with Gasteiger partial charge in [-0.05, 0) is 37.6 Å². The van der Waals surface area contributed by atoms with E-state index in [1.807, 2.05) is 32.2 Å². The Bertz CT molecular complexity index is 677. The van der Waals surface area contributed by atoms with Crippen LogP contribution >= 0.6 is 0 Å². The molecule has 0 fully saturated rings. The number of carbonyl (C=O) groups is 2. The average molecular weight is 313 g/mol. The largest absolute Gasteiger partial charge is 0.391 e. The highest BCUT2D eigenvalue weighted by Gasteiger charge is 2.19. The highest BCUT2D eigenvalue weighted by Crippen LogP contribution is 2.24. The maximum Gasteiger partial charge on any atom is 0.210 e. The van der Waals surface area contributed by atoms with E-state index in [4.69, 9.17) is 0 Å². The number of carbonyl (C=O) groups excluding carboxylic acids is 2. The molecule has 0 spiro atoms. The van der Waals surface area contributed by atoms with Gasteiger partial charge in [0.15, 0.2) is 5.78 Å². The van der Waals surface area contributed by atoms with Gasteiger partial charge in [0, 0.05) is 54.8 Å². The third kappa shape index (κ3) is 4.00. The molecular weight excluding hydrogens is 290 g/mol. The topological polar surface area (TPSA) is 61.4 Å². The van der Waals surface area contributed by atoms with E-state index in [1.54, 1.807) is 11.8 Å². The number of amides is 1. The monoisotopic (exact) mass is 313 g/mol. The summed E-state index contributed by atoms with van der Waals surface area (Å²) >= 11 is 0. The second-order valence-corrected chi connectivity index (χ2v) is 5.78. The van der Waals surface area contributed by atoms with Crippen LogP contribution in [0.2, 0.25) is 0 Å². The lowest BCUT2D eigenvalue weighted by molar-refractivity contribution is -0.117. The average Bonchev–Trinajstić information content (AvgIpc) is 2.53. The van der Waals surface area contributed by atoms with Crippen LogP contribution in [-0.4, -0.2) is 37.2 Å². The molecule has 1 amide bonds. The van der Waals surface area contributed by atoms with Gasteiger partial charge in [-0.2, -0.15) is 0 Å². The molecule has 1 heterocycles. The standard InChI is InChI=1S/C18H23N3O2/c1-12-7-15(14(3)23)9-16(8-12)20-13(2)17-10-21(11-22)6-5-18(17)19-4/h7-9,11,19-20H,2,5-6,10H2,1,3-4H3. The maximum atomic E-state index is 11.6. The van der Waals surface area contributed by atoms with Crippen LogP contribution in [0.3, 0.4) is 0 Å². The van der Waals surface area contributed by atoms with E-state index in [1.165, 1.54) is 0 Å². The zero-order valence-corrected chi connectivity index (χ0v) is 13.9. The molecule has 0 bridgehead atoms. The van der Waals surface area contributed by atoms with Gasteiger partial charge in [0.25, 0.3) is 0 Å². The fraction of sp³-hybridized carbons (Fsp3) is 0.333. The van der Waals surface area contributed by atoms with Crippen molar-refractivity contribution in [2.24, 2.45) is 0 Å². The first-order valence-corrected chi connectivity index (χ1v) is 7.62. The van der Waals surface area contributed by atoms with Crippen LogP contribution in [0, 0.1) is 6.92 Å². The van der Waals surface area contributed by atoms with Crippen molar-refractivity contribution in [2.45, 2.75) is 20.3 Å². The van der Waals surface area contributed by atoms with Gasteiger partial charge >= 0.3 is 0 Å². The van der Waals surface area contributed by atoms with Crippen LogP contribution < -0.4 is 10.6 Å². The van der Waals surface area contributed by atoms with Crippen LogP contribution in [0.15, 0.2) is 41.7 Å². The zero-order chi connectivity index (χ0) is 17.0. The summed E-state index contributed by atoms with van der Waals surface area (Å²) in [6.45, 7) is 8.84. The Labute approximate surface area is 137 Å². The first kappa shape index (κ1) is 16.8. The summed E-state index contributed by atoms with van der Waals surface area (Å²) in [5, 5.41) is 6.46. The van der Waals surface area contributed by atoms with Crippen molar-refractivity contribution < 1.29 is 9.59 Å². The number of Topliss-reactive ketones (excluding diaryl/α,β-unsaturated/α-hetero) is 1. The molecule has 0 aliphatic carbocycles. The summed E-state index contributed by atoms with van der Waals surface area (Å²) in [5.41, 5.74) is 5.31. The number of hydrogen-bond acceptors (Lipinski definition) is 4. The van der Waals surface area contributed by atoms with Crippen LogP contribution in [0.25, 0.3) is 0 Å². The number of anilines is 1. The Hall–Kier alpha value is -2.56. The lowest BCUT2D eigenvalue weighted by atomic mass is 10.0. The molecule has 1 aliphatic rings. The van der Waals surface area contributed by atoms with Crippen molar-refractivity contribution in [2.75, 3.05) is 25.5 Å². The van der Waals surface area contributed by atoms with Crippen molar-refractivity contribution in [3.8, 4) is 0 Å². The lowest BCUT2D eigenvalue weighted by Crippen LogP contribution is -2.34. The fourth-order valence-electron chi connectivity index (χ4n) is 2.74. The highest BCUT2D eigenvalue weighted by atomic mass is 16.1. The Morgan fingerprint density at radius 2 is 2.09 bits per heavy atom. The van der Waals surface area contributed by atoms with E-state index in [-0.39, 0.29) is 5.78 Å². The smallest absolute Gasteiger partial charge is 0.210 e. The molecule has 0 saturated heterocycles. The first-order chi connectivity index (χ1) is 10.9. The number of rotatable bonds is 6. The molecule has 0 radical (unpaired) electrons. The Kier molecular flexibility index (Phi) is 5.21. The molecule has 2 N–H and O–H groups in total. The molecular formula is C18H23N3O2. The highest BCUT2D eigenvalue weighted by molar-refractivity contribution is 5.95. The van der Waals surface area contributed by atoms with Gasteiger partial charge in [-0.15, -0.1) is 0 Å². The van der Waals surface area contributed by atoms with Gasteiger partial charge in [0.1, 0.15) is 0 Å². The van der Waals surface area contributed by atoms with Crippen LogP contribution in [0.4, 0.5) is 5.69 Å². The van der Waals surface area contributed by atoms with E-state index in [9.17, 15) is 9.59 Å². The molecule has 2 rings (SSSR count). The quantitative estimate of drug-likeness (QED) is 0.625. The number of nitrogens with zero attached hydrogens (tertiary/aromatic N) is 1. The van der Waals surface area contributed by atoms with Crippen molar-refractivity contribution in [3.05, 3.63) is 52.9 Å². The van der Waals surface area contributed by atoms with Crippen LogP contribution in [-0.2, 0) is 4.79 Å². The van der Waals surface area contributed by atoms with E-state index < -0.39 is 0 Å². The third-order valence-corrected chi connectivity index (χ3v) is 3.97. The van der Waals surface area contributed by atoms with Crippen molar-refractivity contribution in [1.29, 1.82) is 0 Å². The molecule has 5 nitrogen and oxygen atoms in total. The molecule has 0 aromatic heterocycles. The second kappa shape index (κ2) is 7.13. The fourth-order valence-corrected chi connectivity index (χ4v) is 2.74. The molecule has 0 atom stereocenters. The van der Waals surface area contributed by atoms with Crippen molar-refractivity contribution >= 4 is 17.9 Å². The molecule has 122 valence electrons. The number of aryl methyl sites for hydroxylation is 1. The van der Waals surface area contributed by atoms with Crippen molar-refractivity contribution in [1.82, 2.24) is 10.2 Å². The van der Waals surface area contributed by atoms with Crippen LogP contribution in [0.5, 0.6) is 0 Å². The van der Waals surface area contributed by atoms with E-state index in [0.29, 0.717) is 18.7 Å². The molecule has 0 saturated carbocycles. The maximum absolute atomic E-state index is 11.6. The summed E-state index contributed by atoms with van der Waals surface area (Å²) in [6.07, 6.45) is 1.64. The Balaban J connectivity index is 2.25. The minimum atomic E-state index is 0.0299. The normalized spacial score (nSPS) is 14.5. The Morgan fingerprint density at radius 3 is 2.70 bits per heavy atom. The second-order valence-electron chi connectivity index (χ2n) is 5.78. The van der Waals surface area contributed by atoms with E-state index >= 15 is 0 Å². The zero-order valence-electron chi connectivity index (χ0n) is 13.9. The molecule has 1 aliphatic heterocycles. The number of nitrogens with one attached hydrogen (secondary N) is 2. The van der Waals surface area contributed by atoms with Gasteiger partial charge in [-0.25, -0.2) is 0 Å². The van der Waals surface area contributed by atoms with Gasteiger partial charge in [0.2, 0.25) is 6.41 Å². The molecule has 1 aromatic rings. The predicted octanol–water partition coefficient (Wildman–Crippen LogP) is 2.46. The van der Waals surface area contributed by atoms with E-state index in [0.717, 1.165) is 41.0 Å². The van der Waals surface area contributed by atoms with Gasteiger partial charge in [-0.1, -0.05) is 6.58 Å². The summed E-state index contributed by atoms with van der Waals surface area (Å²) in [4.78, 5) is 24.4. The van der Waals surface area contributed by atoms with Gasteiger partial charge in [0.05, 0.1) is 0 Å². The summed E-state index contributed by atoms with van der Waals surface area (Å²) in [5.74, 6) is 0.0299. The predicted molar refractivity (Wildman–Crippen MR) is 92.3 cm³/mol. The van der Waals surface area contributed by atoms with Gasteiger partial charge < -0.3 is 15.5 Å². The van der Waals surface area contributed by atoms with Crippen molar-refractivity contribution in [3.63, 3.8) is 0 Å². The van der Waals surface area contributed by atoms with Gasteiger partial charge in [-0.3, -0.25) is 9.59 Å². The summed E-state index contributed by atoms with van der Waals surface area (Å²) in [7, 11) is 1.87. The lowest BCUT2D eigenvalue weighted by Gasteiger charge is -2.29. The summed E-state index contributed by atoms with van der Waals surface area (Å²) in [6, 6.07) is 5.65. The Morgan fingerprint density at radius 1 is 1.35 bits per heavy atom. The number of ketones is 1. The molecule has 5 heteroatoms. The summed E-state index contributed by atoms with van der Waals surface area (Å²) < 4.78 is 0. The number of benzene rings is 1. The van der Waals surface area contributed by atoms with E-state index in [2.05, 4.69) is 17.2 Å². The molecule has 1 aromatic carbocycles.